The van der Waals surface area contributed by atoms with Crippen LogP contribution in [-0.2, 0) is 0 Å². The van der Waals surface area contributed by atoms with E-state index in [-0.39, 0.29) is 6.04 Å². The zero-order valence-corrected chi connectivity index (χ0v) is 12.2. The fourth-order valence-corrected chi connectivity index (χ4v) is 2.52. The lowest BCUT2D eigenvalue weighted by Gasteiger charge is -2.18. The second-order valence-corrected chi connectivity index (χ2v) is 5.07. The molecule has 0 aliphatic heterocycles. The summed E-state index contributed by atoms with van der Waals surface area (Å²) in [5, 5.41) is 4.64. The lowest BCUT2D eigenvalue weighted by atomic mass is 9.99. The van der Waals surface area contributed by atoms with Gasteiger partial charge in [0.25, 0.3) is 0 Å². The Morgan fingerprint density at radius 1 is 1.05 bits per heavy atom. The minimum Gasteiger partial charge on any atom is -0.306 e. The van der Waals surface area contributed by atoms with Gasteiger partial charge in [0.15, 0.2) is 0 Å². The second-order valence-electron chi connectivity index (χ2n) is 5.07. The van der Waals surface area contributed by atoms with Gasteiger partial charge < -0.3 is 5.32 Å². The van der Waals surface area contributed by atoms with Crippen LogP contribution in [0.3, 0.4) is 0 Å². The molecule has 21 heavy (non-hydrogen) atoms. The van der Waals surface area contributed by atoms with Gasteiger partial charge in [-0.3, -0.25) is 4.98 Å². The van der Waals surface area contributed by atoms with Gasteiger partial charge in [0.2, 0.25) is 0 Å². The first kappa shape index (κ1) is 13.6. The predicted molar refractivity (Wildman–Crippen MR) is 84.0 cm³/mol. The van der Waals surface area contributed by atoms with Gasteiger partial charge in [0.1, 0.15) is 6.33 Å². The van der Waals surface area contributed by atoms with Crippen LogP contribution in [0.1, 0.15) is 29.8 Å². The average Bonchev–Trinajstić information content (AvgIpc) is 2.53. The molecule has 0 aliphatic carbocycles. The predicted octanol–water partition coefficient (Wildman–Crippen LogP) is 3.03. The lowest BCUT2D eigenvalue weighted by Crippen LogP contribution is -2.22. The molecule has 0 saturated carbocycles. The molecule has 3 aromatic rings. The van der Waals surface area contributed by atoms with E-state index in [9.17, 15) is 0 Å². The molecular weight excluding hydrogens is 260 g/mol. The van der Waals surface area contributed by atoms with Crippen molar-refractivity contribution in [3.05, 3.63) is 65.9 Å². The normalized spacial score (nSPS) is 12.5. The first-order valence-corrected chi connectivity index (χ1v) is 7.13. The summed E-state index contributed by atoms with van der Waals surface area (Å²) in [6.07, 6.45) is 5.27. The summed E-state index contributed by atoms with van der Waals surface area (Å²) in [7, 11) is 0. The van der Waals surface area contributed by atoms with Crippen LogP contribution in [0.15, 0.2) is 49.1 Å². The molecule has 0 radical (unpaired) electrons. The van der Waals surface area contributed by atoms with Crippen molar-refractivity contribution >= 4 is 10.9 Å². The molecule has 0 aliphatic rings. The molecule has 0 amide bonds. The SMILES string of the molecule is CCNC(c1cncnc1)c1ccc2nc(C)ccc2c1. The smallest absolute Gasteiger partial charge is 0.115 e. The number of nitrogens with one attached hydrogen (secondary N) is 1. The van der Waals surface area contributed by atoms with Crippen molar-refractivity contribution < 1.29 is 0 Å². The van der Waals surface area contributed by atoms with Crippen molar-refractivity contribution in [1.29, 1.82) is 0 Å². The van der Waals surface area contributed by atoms with E-state index in [4.69, 9.17) is 0 Å². The average molecular weight is 278 g/mol. The number of aryl methyl sites for hydroxylation is 1. The molecule has 1 atom stereocenters. The summed E-state index contributed by atoms with van der Waals surface area (Å²) in [4.78, 5) is 12.8. The van der Waals surface area contributed by atoms with Crippen LogP contribution >= 0.6 is 0 Å². The fourth-order valence-electron chi connectivity index (χ4n) is 2.52. The topological polar surface area (TPSA) is 50.7 Å². The Balaban J connectivity index is 2.05. The minimum absolute atomic E-state index is 0.0990. The van der Waals surface area contributed by atoms with Gasteiger partial charge in [-0.25, -0.2) is 9.97 Å². The Bertz CT molecular complexity index is 740. The number of hydrogen-bond donors (Lipinski definition) is 1. The Labute approximate surface area is 124 Å². The van der Waals surface area contributed by atoms with Crippen molar-refractivity contribution in [1.82, 2.24) is 20.3 Å². The van der Waals surface area contributed by atoms with Gasteiger partial charge in [-0.15, -0.1) is 0 Å². The summed E-state index contributed by atoms with van der Waals surface area (Å²) >= 11 is 0. The van der Waals surface area contributed by atoms with Crippen LogP contribution in [0, 0.1) is 6.92 Å². The molecule has 1 aromatic carbocycles. The van der Waals surface area contributed by atoms with Crippen LogP contribution < -0.4 is 5.32 Å². The van der Waals surface area contributed by atoms with Gasteiger partial charge in [0.05, 0.1) is 11.6 Å². The summed E-state index contributed by atoms with van der Waals surface area (Å²) in [5.74, 6) is 0. The molecule has 4 nitrogen and oxygen atoms in total. The monoisotopic (exact) mass is 278 g/mol. The maximum absolute atomic E-state index is 4.55. The highest BCUT2D eigenvalue weighted by Gasteiger charge is 2.14. The van der Waals surface area contributed by atoms with E-state index in [1.165, 1.54) is 5.56 Å². The van der Waals surface area contributed by atoms with Gasteiger partial charge in [0, 0.05) is 29.0 Å². The van der Waals surface area contributed by atoms with E-state index in [1.807, 2.05) is 25.4 Å². The molecule has 3 rings (SSSR count). The van der Waals surface area contributed by atoms with Crippen LogP contribution in [0.5, 0.6) is 0 Å². The maximum Gasteiger partial charge on any atom is 0.115 e. The molecule has 0 bridgehead atoms. The number of hydrogen-bond acceptors (Lipinski definition) is 4. The lowest BCUT2D eigenvalue weighted by molar-refractivity contribution is 0.626. The number of nitrogens with zero attached hydrogens (tertiary/aromatic N) is 3. The van der Waals surface area contributed by atoms with Crippen molar-refractivity contribution in [2.75, 3.05) is 6.54 Å². The Morgan fingerprint density at radius 2 is 1.86 bits per heavy atom. The van der Waals surface area contributed by atoms with Crippen LogP contribution in [-0.4, -0.2) is 21.5 Å². The highest BCUT2D eigenvalue weighted by molar-refractivity contribution is 5.79. The maximum atomic E-state index is 4.55. The van der Waals surface area contributed by atoms with Gasteiger partial charge in [-0.2, -0.15) is 0 Å². The molecule has 1 unspecified atom stereocenters. The number of benzene rings is 1. The third-order valence-electron chi connectivity index (χ3n) is 3.51. The highest BCUT2D eigenvalue weighted by Crippen LogP contribution is 2.24. The van der Waals surface area contributed by atoms with Gasteiger partial charge in [-0.1, -0.05) is 19.1 Å². The molecule has 4 heteroatoms. The van der Waals surface area contributed by atoms with E-state index in [1.54, 1.807) is 6.33 Å². The second kappa shape index (κ2) is 5.97. The van der Waals surface area contributed by atoms with Gasteiger partial charge >= 0.3 is 0 Å². The van der Waals surface area contributed by atoms with Crippen molar-refractivity contribution in [2.24, 2.45) is 0 Å². The number of aromatic nitrogens is 3. The zero-order chi connectivity index (χ0) is 14.7. The van der Waals surface area contributed by atoms with E-state index in [0.717, 1.165) is 28.7 Å². The Morgan fingerprint density at radius 3 is 2.62 bits per heavy atom. The third kappa shape index (κ3) is 2.90. The first-order valence-electron chi connectivity index (χ1n) is 7.13. The van der Waals surface area contributed by atoms with Crippen LogP contribution in [0.4, 0.5) is 0 Å². The van der Waals surface area contributed by atoms with E-state index in [0.29, 0.717) is 0 Å². The molecule has 0 fully saturated rings. The third-order valence-corrected chi connectivity index (χ3v) is 3.51. The molecule has 2 heterocycles. The molecule has 2 aromatic heterocycles. The highest BCUT2D eigenvalue weighted by atomic mass is 14.9. The Kier molecular flexibility index (Phi) is 3.88. The Hall–Kier alpha value is -2.33. The van der Waals surface area contributed by atoms with E-state index >= 15 is 0 Å². The van der Waals surface area contributed by atoms with Crippen molar-refractivity contribution in [3.8, 4) is 0 Å². The fraction of sp³-hybridized carbons (Fsp3) is 0.235. The first-order chi connectivity index (χ1) is 10.3. The largest absolute Gasteiger partial charge is 0.306 e. The number of rotatable bonds is 4. The quantitative estimate of drug-likeness (QED) is 0.797. The zero-order valence-electron chi connectivity index (χ0n) is 12.2. The van der Waals surface area contributed by atoms with Crippen LogP contribution in [0.2, 0.25) is 0 Å². The molecule has 0 saturated heterocycles. The summed E-state index contributed by atoms with van der Waals surface area (Å²) in [6, 6.07) is 10.6. The van der Waals surface area contributed by atoms with Crippen molar-refractivity contribution in [3.63, 3.8) is 0 Å². The standard InChI is InChI=1S/C17H18N4/c1-3-20-17(15-9-18-11-19-10-15)14-6-7-16-13(8-14)5-4-12(2)21-16/h4-11,17,20H,3H2,1-2H3. The molecule has 0 spiro atoms. The van der Waals surface area contributed by atoms with E-state index in [2.05, 4.69) is 51.5 Å². The molecular formula is C17H18N4. The number of fused-ring (bicyclic) bond motifs is 1. The summed E-state index contributed by atoms with van der Waals surface area (Å²) < 4.78 is 0. The van der Waals surface area contributed by atoms with E-state index < -0.39 is 0 Å². The summed E-state index contributed by atoms with van der Waals surface area (Å²) in [5.41, 5.74) is 4.33. The van der Waals surface area contributed by atoms with Crippen LogP contribution in [0.25, 0.3) is 10.9 Å². The minimum atomic E-state index is 0.0990. The molecule has 1 N–H and O–H groups in total. The van der Waals surface area contributed by atoms with Crippen molar-refractivity contribution in [2.45, 2.75) is 19.9 Å². The van der Waals surface area contributed by atoms with Gasteiger partial charge in [-0.05, 0) is 37.2 Å². The number of pyridine rings is 1. The molecule has 106 valence electrons. The summed E-state index contributed by atoms with van der Waals surface area (Å²) in [6.45, 7) is 4.99.